The summed E-state index contributed by atoms with van der Waals surface area (Å²) in [6, 6.07) is 5.16. The maximum Gasteiger partial charge on any atom is 0.243 e. The molecule has 3 aliphatic rings. The first-order chi connectivity index (χ1) is 16.1. The van der Waals surface area contributed by atoms with Crippen LogP contribution >= 0.6 is 0 Å². The molecule has 0 unspecified atom stereocenters. The van der Waals surface area contributed by atoms with Gasteiger partial charge in [0.05, 0.1) is 6.54 Å². The molecule has 1 saturated carbocycles. The van der Waals surface area contributed by atoms with Crippen molar-refractivity contribution in [1.29, 1.82) is 0 Å². The van der Waals surface area contributed by atoms with E-state index in [-0.39, 0.29) is 24.9 Å². The SMILES string of the molecule is O=C(N[C@@H]1CCCNC1)[C@@H]1C[C@@H](F)CN1c1nc(Nc2cc(C3CC3)[nH]n2)n2cccc2n1. The van der Waals surface area contributed by atoms with Crippen LogP contribution in [0.25, 0.3) is 5.65 Å². The van der Waals surface area contributed by atoms with Crippen molar-refractivity contribution in [2.45, 2.75) is 56.3 Å². The van der Waals surface area contributed by atoms with Gasteiger partial charge in [0.1, 0.15) is 17.9 Å². The van der Waals surface area contributed by atoms with Gasteiger partial charge in [-0.15, -0.1) is 0 Å². The number of carbonyl (C=O) groups excluding carboxylic acids is 1. The number of rotatable bonds is 6. The minimum atomic E-state index is -1.11. The smallest absolute Gasteiger partial charge is 0.243 e. The number of H-pyrrole nitrogens is 1. The lowest BCUT2D eigenvalue weighted by atomic mass is 10.1. The summed E-state index contributed by atoms with van der Waals surface area (Å²) >= 11 is 0. The van der Waals surface area contributed by atoms with Crippen LogP contribution in [0.5, 0.6) is 0 Å². The topological polar surface area (TPSA) is 115 Å². The van der Waals surface area contributed by atoms with E-state index in [1.54, 1.807) is 4.90 Å². The molecular formula is C22H28FN9O. The van der Waals surface area contributed by atoms with Gasteiger partial charge < -0.3 is 20.9 Å². The van der Waals surface area contributed by atoms with E-state index in [2.05, 4.69) is 36.1 Å². The fourth-order valence-electron chi connectivity index (χ4n) is 4.78. The number of carbonyl (C=O) groups is 1. The third-order valence-corrected chi connectivity index (χ3v) is 6.68. The first-order valence-corrected chi connectivity index (χ1v) is 11.7. The van der Waals surface area contributed by atoms with Crippen molar-refractivity contribution in [3.05, 3.63) is 30.1 Å². The van der Waals surface area contributed by atoms with Gasteiger partial charge in [-0.05, 0) is 44.4 Å². The lowest BCUT2D eigenvalue weighted by molar-refractivity contribution is -0.123. The Balaban J connectivity index is 1.27. The van der Waals surface area contributed by atoms with Gasteiger partial charge in [0.25, 0.3) is 0 Å². The Kier molecular flexibility index (Phi) is 5.12. The Morgan fingerprint density at radius 2 is 2.15 bits per heavy atom. The van der Waals surface area contributed by atoms with E-state index in [1.165, 1.54) is 12.8 Å². The summed E-state index contributed by atoms with van der Waals surface area (Å²) in [6.45, 7) is 1.80. The van der Waals surface area contributed by atoms with Crippen LogP contribution in [0.15, 0.2) is 24.4 Å². The van der Waals surface area contributed by atoms with Crippen molar-refractivity contribution in [1.82, 2.24) is 35.2 Å². The largest absolute Gasteiger partial charge is 0.350 e. The lowest BCUT2D eigenvalue weighted by Crippen LogP contribution is -2.51. The quantitative estimate of drug-likeness (QED) is 0.450. The molecule has 4 N–H and O–H groups in total. The van der Waals surface area contributed by atoms with Crippen LogP contribution in [0.3, 0.4) is 0 Å². The molecule has 0 spiro atoms. The standard InChI is InChI=1S/C22H28FN9O/c23-14-9-17(20(33)25-15-3-1-7-24-11-15)32(12-14)22-27-19-4-2-8-31(19)21(28-22)26-18-10-16(29-30-18)13-5-6-13/h2,4,8,10,13-15,17,24H,1,3,5-7,9,11-12H2,(H,25,33)(H2,26,27,28,29,30)/t14-,15-,17+/m1/s1. The number of nitrogens with zero attached hydrogens (tertiary/aromatic N) is 5. The van der Waals surface area contributed by atoms with Crippen LogP contribution in [0.1, 0.15) is 43.7 Å². The zero-order chi connectivity index (χ0) is 22.4. The van der Waals surface area contributed by atoms with E-state index in [0.717, 1.165) is 31.6 Å². The van der Waals surface area contributed by atoms with Crippen LogP contribution in [-0.4, -0.2) is 68.4 Å². The molecule has 0 bridgehead atoms. The minimum Gasteiger partial charge on any atom is -0.350 e. The molecule has 6 rings (SSSR count). The van der Waals surface area contributed by atoms with E-state index < -0.39 is 12.2 Å². The van der Waals surface area contributed by atoms with Gasteiger partial charge in [-0.1, -0.05) is 0 Å². The average molecular weight is 454 g/mol. The molecule has 0 aromatic carbocycles. The molecule has 3 aromatic rings. The number of alkyl halides is 1. The van der Waals surface area contributed by atoms with Crippen molar-refractivity contribution >= 4 is 29.3 Å². The molecule has 1 aliphatic carbocycles. The Morgan fingerprint density at radius 3 is 2.97 bits per heavy atom. The van der Waals surface area contributed by atoms with Gasteiger partial charge in [-0.2, -0.15) is 15.1 Å². The first-order valence-electron chi connectivity index (χ1n) is 11.7. The van der Waals surface area contributed by atoms with E-state index in [4.69, 9.17) is 0 Å². The number of halogens is 1. The number of aromatic nitrogens is 5. The predicted octanol–water partition coefficient (Wildman–Crippen LogP) is 1.86. The van der Waals surface area contributed by atoms with E-state index in [1.807, 2.05) is 28.8 Å². The van der Waals surface area contributed by atoms with Crippen LogP contribution < -0.4 is 20.9 Å². The fourth-order valence-corrected chi connectivity index (χ4v) is 4.78. The Bertz CT molecular complexity index is 1150. The maximum atomic E-state index is 14.5. The summed E-state index contributed by atoms with van der Waals surface area (Å²) in [5.74, 6) is 1.92. The molecule has 3 aromatic heterocycles. The zero-order valence-electron chi connectivity index (χ0n) is 18.3. The summed E-state index contributed by atoms with van der Waals surface area (Å²) in [4.78, 5) is 24.1. The molecule has 10 nitrogen and oxygen atoms in total. The number of amides is 1. The molecule has 2 aliphatic heterocycles. The molecule has 5 heterocycles. The number of aromatic amines is 1. The van der Waals surface area contributed by atoms with Gasteiger partial charge in [0.15, 0.2) is 5.82 Å². The fraction of sp³-hybridized carbons (Fsp3) is 0.545. The number of hydrogen-bond acceptors (Lipinski definition) is 7. The summed E-state index contributed by atoms with van der Waals surface area (Å²) in [5, 5.41) is 17.1. The monoisotopic (exact) mass is 453 g/mol. The zero-order valence-corrected chi connectivity index (χ0v) is 18.3. The van der Waals surface area contributed by atoms with Crippen molar-refractivity contribution < 1.29 is 9.18 Å². The Morgan fingerprint density at radius 1 is 1.24 bits per heavy atom. The van der Waals surface area contributed by atoms with Crippen molar-refractivity contribution in [2.24, 2.45) is 0 Å². The predicted molar refractivity (Wildman–Crippen MR) is 122 cm³/mol. The summed E-state index contributed by atoms with van der Waals surface area (Å²) in [6.07, 6.45) is 5.19. The van der Waals surface area contributed by atoms with Gasteiger partial charge in [0.2, 0.25) is 17.8 Å². The second-order valence-electron chi connectivity index (χ2n) is 9.24. The maximum absolute atomic E-state index is 14.5. The minimum absolute atomic E-state index is 0.0679. The number of anilines is 3. The van der Waals surface area contributed by atoms with Crippen molar-refractivity contribution in [3.63, 3.8) is 0 Å². The van der Waals surface area contributed by atoms with Crippen LogP contribution in [-0.2, 0) is 4.79 Å². The summed E-state index contributed by atoms with van der Waals surface area (Å²) < 4.78 is 16.3. The molecule has 2 saturated heterocycles. The average Bonchev–Trinajstić information content (AvgIpc) is 3.20. The Hall–Kier alpha value is -3.21. The molecule has 3 fully saturated rings. The molecule has 3 atom stereocenters. The van der Waals surface area contributed by atoms with E-state index in [0.29, 0.717) is 29.3 Å². The lowest BCUT2D eigenvalue weighted by Gasteiger charge is -2.28. The van der Waals surface area contributed by atoms with E-state index in [9.17, 15) is 9.18 Å². The summed E-state index contributed by atoms with van der Waals surface area (Å²) in [5.41, 5.74) is 1.78. The molecule has 0 radical (unpaired) electrons. The van der Waals surface area contributed by atoms with Crippen molar-refractivity contribution in [3.8, 4) is 0 Å². The number of fused-ring (bicyclic) bond motifs is 1. The molecule has 11 heteroatoms. The number of nitrogens with one attached hydrogen (secondary N) is 4. The first kappa shape index (κ1) is 20.4. The second kappa shape index (κ2) is 8.29. The van der Waals surface area contributed by atoms with Crippen LogP contribution in [0, 0.1) is 0 Å². The van der Waals surface area contributed by atoms with Gasteiger partial charge in [0, 0.05) is 42.9 Å². The Labute approximate surface area is 190 Å². The van der Waals surface area contributed by atoms with Gasteiger partial charge in [-0.25, -0.2) is 4.39 Å². The van der Waals surface area contributed by atoms with Gasteiger partial charge in [-0.3, -0.25) is 14.3 Å². The second-order valence-corrected chi connectivity index (χ2v) is 9.24. The molecule has 1 amide bonds. The molecule has 174 valence electrons. The van der Waals surface area contributed by atoms with Crippen LogP contribution in [0.2, 0.25) is 0 Å². The highest BCUT2D eigenvalue weighted by molar-refractivity contribution is 5.86. The van der Waals surface area contributed by atoms with Crippen LogP contribution in [0.4, 0.5) is 22.1 Å². The molecule has 33 heavy (non-hydrogen) atoms. The third kappa shape index (κ3) is 4.12. The number of hydrogen-bond donors (Lipinski definition) is 4. The van der Waals surface area contributed by atoms with Crippen molar-refractivity contribution in [2.75, 3.05) is 29.9 Å². The highest BCUT2D eigenvalue weighted by Crippen LogP contribution is 2.39. The van der Waals surface area contributed by atoms with Gasteiger partial charge >= 0.3 is 0 Å². The van der Waals surface area contributed by atoms with E-state index >= 15 is 0 Å². The number of piperidine rings is 1. The third-order valence-electron chi connectivity index (χ3n) is 6.68. The summed E-state index contributed by atoms with van der Waals surface area (Å²) in [7, 11) is 0. The normalized spacial score (nSPS) is 25.5. The highest BCUT2D eigenvalue weighted by Gasteiger charge is 2.39. The highest BCUT2D eigenvalue weighted by atomic mass is 19.1. The molecular weight excluding hydrogens is 425 g/mol.